The Balaban J connectivity index is 1.88. The summed E-state index contributed by atoms with van der Waals surface area (Å²) in [6, 6.07) is 2.75. The maximum Gasteiger partial charge on any atom is 0.336 e. The van der Waals surface area contributed by atoms with E-state index in [4.69, 9.17) is 9.47 Å². The van der Waals surface area contributed by atoms with Crippen LogP contribution in [-0.2, 0) is 54.4 Å². The van der Waals surface area contributed by atoms with Crippen LogP contribution in [0.3, 0.4) is 0 Å². The first kappa shape index (κ1) is 53.5. The lowest BCUT2D eigenvalue weighted by atomic mass is 9.85. The number of nitrogens with one attached hydrogen (secondary N) is 5. The first-order valence-electron chi connectivity index (χ1n) is 22.6. The summed E-state index contributed by atoms with van der Waals surface area (Å²) < 4.78 is 11.8. The summed E-state index contributed by atoms with van der Waals surface area (Å²) >= 11 is 0. The molecule has 20 heteroatoms. The Morgan fingerprint density at radius 1 is 0.815 bits per heavy atom. The lowest BCUT2D eigenvalue weighted by Crippen LogP contribution is -2.60. The van der Waals surface area contributed by atoms with Crippen LogP contribution in [0.5, 0.6) is 0 Å². The van der Waals surface area contributed by atoms with E-state index in [1.807, 2.05) is 44.2 Å². The van der Waals surface area contributed by atoms with E-state index in [-0.39, 0.29) is 38.6 Å². The Kier molecular flexibility index (Phi) is 21.6. The molecule has 0 spiro atoms. The lowest BCUT2D eigenvalue weighted by molar-refractivity contribution is -0.164. The van der Waals surface area contributed by atoms with Gasteiger partial charge in [0.25, 0.3) is 11.8 Å². The van der Waals surface area contributed by atoms with Crippen LogP contribution in [-0.4, -0.2) is 129 Å². The van der Waals surface area contributed by atoms with Crippen molar-refractivity contribution >= 4 is 53.5 Å². The standard InChI is InChI=1S/C45H69N7O13/c1-8-20-52(45(63)46-28(6)31-18-14-11-15-19-31)50-41(59)35-21-32(64-25-30-16-12-10-13-17-30)24-51(35)43(61)38(26(3)4)49-42(60)39(27(5)9-2)65-44(62)34(23-37(56)57)48-40(58)33(22-36(54)55)47-29(7)53/h10,12-13,16-17,26-28,31-35,38-39H,8-9,11,14-15,18-25H2,1-7H3,(H,46,63)(H,47,53)(H,48,58)(H,49,60)(H,50,59)(H,54,55)(H,56,57)/t27-,28+,32-,33+,34-,35-,38+,39+/m1/s1. The molecule has 0 bridgehead atoms. The minimum absolute atomic E-state index is 0.0385. The molecule has 2 aliphatic rings. The number of hydrazine groups is 1. The van der Waals surface area contributed by atoms with Gasteiger partial charge in [0.1, 0.15) is 24.2 Å². The molecule has 0 unspecified atom stereocenters. The van der Waals surface area contributed by atoms with Crippen molar-refractivity contribution in [2.75, 3.05) is 13.1 Å². The molecule has 7 amide bonds. The van der Waals surface area contributed by atoms with E-state index >= 15 is 0 Å². The van der Waals surface area contributed by atoms with Gasteiger partial charge in [-0.15, -0.1) is 0 Å². The van der Waals surface area contributed by atoms with Crippen molar-refractivity contribution in [1.29, 1.82) is 0 Å². The zero-order chi connectivity index (χ0) is 48.4. The number of hydrogen-bond acceptors (Lipinski definition) is 11. The van der Waals surface area contributed by atoms with E-state index in [0.717, 1.165) is 44.6 Å². The van der Waals surface area contributed by atoms with Crippen LogP contribution in [0.4, 0.5) is 4.79 Å². The maximum absolute atomic E-state index is 14.7. The van der Waals surface area contributed by atoms with Crippen LogP contribution in [0.15, 0.2) is 30.3 Å². The molecule has 2 fully saturated rings. The molecule has 7 N–H and O–H groups in total. The number of aliphatic carboxylic acids is 2. The van der Waals surface area contributed by atoms with E-state index < -0.39 is 115 Å². The molecule has 1 aliphatic carbocycles. The maximum atomic E-state index is 14.7. The van der Waals surface area contributed by atoms with Crippen molar-refractivity contribution < 1.29 is 62.8 Å². The van der Waals surface area contributed by atoms with Gasteiger partial charge in [0.15, 0.2) is 6.10 Å². The molecule has 1 heterocycles. The van der Waals surface area contributed by atoms with Crippen LogP contribution in [0, 0.1) is 17.8 Å². The number of esters is 1. The van der Waals surface area contributed by atoms with Gasteiger partial charge in [0.05, 0.1) is 25.6 Å². The topological polar surface area (TPSA) is 279 Å². The Morgan fingerprint density at radius 2 is 1.45 bits per heavy atom. The van der Waals surface area contributed by atoms with E-state index in [0.29, 0.717) is 12.3 Å². The third-order valence-corrected chi connectivity index (χ3v) is 11.8. The molecule has 1 aliphatic heterocycles. The number of hydrogen-bond donors (Lipinski definition) is 7. The van der Waals surface area contributed by atoms with E-state index in [1.165, 1.54) is 9.91 Å². The van der Waals surface area contributed by atoms with Crippen LogP contribution in [0.2, 0.25) is 0 Å². The molecule has 3 rings (SSSR count). The highest BCUT2D eigenvalue weighted by Gasteiger charge is 2.45. The van der Waals surface area contributed by atoms with Gasteiger partial charge in [-0.2, -0.15) is 0 Å². The molecule has 1 saturated carbocycles. The number of nitrogens with zero attached hydrogens (tertiary/aromatic N) is 2. The van der Waals surface area contributed by atoms with Gasteiger partial charge in [0.2, 0.25) is 17.7 Å². The first-order chi connectivity index (χ1) is 30.7. The third-order valence-electron chi connectivity index (χ3n) is 11.8. The number of carbonyl (C=O) groups excluding carboxylic acids is 7. The van der Waals surface area contributed by atoms with E-state index in [1.54, 1.807) is 27.7 Å². The van der Waals surface area contributed by atoms with E-state index in [9.17, 15) is 53.4 Å². The fourth-order valence-electron chi connectivity index (χ4n) is 7.91. The molecule has 1 aromatic carbocycles. The normalized spacial score (nSPS) is 19.0. The van der Waals surface area contributed by atoms with Crippen molar-refractivity contribution in [2.24, 2.45) is 17.8 Å². The Bertz CT molecular complexity index is 1790. The molecule has 8 atom stereocenters. The second kappa shape index (κ2) is 26.2. The summed E-state index contributed by atoms with van der Waals surface area (Å²) in [5.74, 6) is -9.46. The molecule has 1 saturated heterocycles. The number of rotatable bonds is 23. The van der Waals surface area contributed by atoms with Gasteiger partial charge in [0, 0.05) is 38.4 Å². The number of amides is 7. The molecule has 362 valence electrons. The number of ether oxygens (including phenoxy) is 2. The predicted molar refractivity (Wildman–Crippen MR) is 235 cm³/mol. The van der Waals surface area contributed by atoms with Gasteiger partial charge in [-0.1, -0.05) is 84.2 Å². The fourth-order valence-corrected chi connectivity index (χ4v) is 7.91. The highest BCUT2D eigenvalue weighted by atomic mass is 16.6. The van der Waals surface area contributed by atoms with Crippen molar-refractivity contribution in [3.63, 3.8) is 0 Å². The highest BCUT2D eigenvalue weighted by Crippen LogP contribution is 2.27. The van der Waals surface area contributed by atoms with Crippen molar-refractivity contribution in [3.05, 3.63) is 35.9 Å². The van der Waals surface area contributed by atoms with Gasteiger partial charge in [-0.25, -0.2) is 14.6 Å². The Labute approximate surface area is 380 Å². The second-order valence-electron chi connectivity index (χ2n) is 17.4. The fraction of sp³-hybridized carbons (Fsp3) is 0.667. The van der Waals surface area contributed by atoms with Gasteiger partial charge in [-0.3, -0.25) is 39.0 Å². The molecule has 1 aromatic rings. The largest absolute Gasteiger partial charge is 0.481 e. The van der Waals surface area contributed by atoms with Gasteiger partial charge in [-0.05, 0) is 50.0 Å². The average molecular weight is 916 g/mol. The van der Waals surface area contributed by atoms with Gasteiger partial charge < -0.3 is 45.9 Å². The zero-order valence-electron chi connectivity index (χ0n) is 38.6. The van der Waals surface area contributed by atoms with Crippen LogP contribution < -0.4 is 26.7 Å². The predicted octanol–water partition coefficient (Wildman–Crippen LogP) is 2.63. The monoisotopic (exact) mass is 915 g/mol. The molecule has 0 radical (unpaired) electrons. The quantitative estimate of drug-likeness (QED) is 0.0615. The summed E-state index contributed by atoms with van der Waals surface area (Å²) in [5.41, 5.74) is 3.62. The summed E-state index contributed by atoms with van der Waals surface area (Å²) in [6.45, 7) is 11.8. The summed E-state index contributed by atoms with van der Waals surface area (Å²) in [7, 11) is 0. The van der Waals surface area contributed by atoms with E-state index in [2.05, 4.69) is 26.7 Å². The second-order valence-corrected chi connectivity index (χ2v) is 17.4. The Morgan fingerprint density at radius 3 is 2.02 bits per heavy atom. The van der Waals surface area contributed by atoms with Gasteiger partial charge >= 0.3 is 23.9 Å². The molecule has 0 aromatic heterocycles. The summed E-state index contributed by atoms with van der Waals surface area (Å²) in [5, 5.41) is 30.0. The number of carboxylic acid groups (broad SMARTS) is 2. The number of carbonyl (C=O) groups is 9. The van der Waals surface area contributed by atoms with Crippen LogP contribution in [0.1, 0.15) is 118 Å². The molecule has 20 nitrogen and oxygen atoms in total. The SMILES string of the molecule is CCCN(NC(=O)[C@H]1C[C@@H](OCc2ccccc2)CN1C(=O)[C@@H](NC(=O)[C@@H](OC(=O)[C@@H](CC(=O)O)NC(=O)[C@H](CC(=O)O)NC(C)=O)[C@H](C)CC)C(C)C)C(=O)N[C@@H](C)C1CCCCC1. The molecular formula is C45H69N7O13. The van der Waals surface area contributed by atoms with Crippen molar-refractivity contribution in [1.82, 2.24) is 36.6 Å². The van der Waals surface area contributed by atoms with Crippen LogP contribution >= 0.6 is 0 Å². The lowest BCUT2D eigenvalue weighted by Gasteiger charge is -2.34. The highest BCUT2D eigenvalue weighted by molar-refractivity contribution is 5.96. The minimum atomic E-state index is -1.91. The minimum Gasteiger partial charge on any atom is -0.481 e. The number of likely N-dealkylation sites (tertiary alicyclic amines) is 1. The zero-order valence-corrected chi connectivity index (χ0v) is 38.6. The number of carboxylic acids is 2. The smallest absolute Gasteiger partial charge is 0.336 e. The van der Waals surface area contributed by atoms with Crippen molar-refractivity contribution in [3.8, 4) is 0 Å². The Hall–Kier alpha value is -5.79. The first-order valence-corrected chi connectivity index (χ1v) is 22.6. The number of benzene rings is 1. The molecule has 65 heavy (non-hydrogen) atoms. The summed E-state index contributed by atoms with van der Waals surface area (Å²) in [4.78, 5) is 119. The summed E-state index contributed by atoms with van der Waals surface area (Å²) in [6.07, 6.45) is 2.07. The van der Waals surface area contributed by atoms with Crippen molar-refractivity contribution in [2.45, 2.75) is 162 Å². The average Bonchev–Trinajstić information content (AvgIpc) is 3.70. The van der Waals surface area contributed by atoms with Crippen LogP contribution in [0.25, 0.3) is 0 Å². The molecular weight excluding hydrogens is 847 g/mol. The number of urea groups is 1. The third kappa shape index (κ3) is 16.9.